The summed E-state index contributed by atoms with van der Waals surface area (Å²) >= 11 is 3.42. The van der Waals surface area contributed by atoms with E-state index in [1.54, 1.807) is 22.7 Å². The van der Waals surface area contributed by atoms with Crippen molar-refractivity contribution in [3.8, 4) is 10.6 Å². The average Bonchev–Trinajstić information content (AvgIpc) is 3.33. The van der Waals surface area contributed by atoms with Crippen molar-refractivity contribution in [3.05, 3.63) is 70.6 Å². The molecule has 0 saturated carbocycles. The summed E-state index contributed by atoms with van der Waals surface area (Å²) in [5, 5.41) is 5.19. The fourth-order valence-corrected chi connectivity index (χ4v) is 6.37. The molecular formula is C24H23N3OS2. The van der Waals surface area contributed by atoms with Crippen molar-refractivity contribution in [1.82, 2.24) is 9.88 Å². The van der Waals surface area contributed by atoms with Crippen LogP contribution in [0.2, 0.25) is 0 Å². The van der Waals surface area contributed by atoms with Crippen LogP contribution in [-0.4, -0.2) is 29.4 Å². The summed E-state index contributed by atoms with van der Waals surface area (Å²) in [6, 6.07) is 18.4. The number of amides is 1. The second-order valence-electron chi connectivity index (χ2n) is 7.72. The Balaban J connectivity index is 1.46. The van der Waals surface area contributed by atoms with Crippen molar-refractivity contribution in [2.45, 2.75) is 25.8 Å². The zero-order chi connectivity index (χ0) is 20.5. The van der Waals surface area contributed by atoms with Gasteiger partial charge in [0.25, 0.3) is 0 Å². The smallest absolute Gasteiger partial charge is 0.225 e. The highest BCUT2D eigenvalue weighted by molar-refractivity contribution is 7.22. The number of hydrogen-bond acceptors (Lipinski definition) is 5. The first-order chi connectivity index (χ1) is 14.7. The van der Waals surface area contributed by atoms with Crippen LogP contribution in [0.25, 0.3) is 20.8 Å². The molecule has 1 aliphatic heterocycles. The molecule has 1 amide bonds. The molecule has 0 unspecified atom stereocenters. The van der Waals surface area contributed by atoms with E-state index in [4.69, 9.17) is 4.98 Å². The molecule has 30 heavy (non-hydrogen) atoms. The number of thiazole rings is 1. The lowest BCUT2D eigenvalue weighted by molar-refractivity contribution is -0.116. The highest BCUT2D eigenvalue weighted by atomic mass is 32.1. The van der Waals surface area contributed by atoms with Crippen molar-refractivity contribution in [3.63, 3.8) is 0 Å². The van der Waals surface area contributed by atoms with E-state index in [1.165, 1.54) is 20.7 Å². The zero-order valence-electron chi connectivity index (χ0n) is 16.9. The van der Waals surface area contributed by atoms with Crippen molar-refractivity contribution in [2.24, 2.45) is 0 Å². The molecule has 0 atom stereocenters. The number of aryl methyl sites for hydroxylation is 1. The maximum absolute atomic E-state index is 12.8. The Labute approximate surface area is 184 Å². The molecule has 4 aromatic rings. The Hall–Kier alpha value is -2.54. The molecule has 2 aromatic heterocycles. The molecule has 6 heteroatoms. The van der Waals surface area contributed by atoms with E-state index in [0.717, 1.165) is 47.0 Å². The topological polar surface area (TPSA) is 45.2 Å². The van der Waals surface area contributed by atoms with E-state index in [1.807, 2.05) is 24.3 Å². The number of rotatable bonds is 5. The van der Waals surface area contributed by atoms with Crippen LogP contribution >= 0.6 is 22.7 Å². The molecule has 5 rings (SSSR count). The number of nitrogens with one attached hydrogen (secondary N) is 1. The number of likely N-dealkylation sites (N-methyl/N-ethyl adjacent to an activating group) is 1. The summed E-state index contributed by atoms with van der Waals surface area (Å²) in [4.78, 5) is 21.4. The fourth-order valence-electron chi connectivity index (χ4n) is 3.92. The molecular weight excluding hydrogens is 410 g/mol. The molecule has 0 fully saturated rings. The van der Waals surface area contributed by atoms with Gasteiger partial charge in [-0.25, -0.2) is 4.98 Å². The first-order valence-electron chi connectivity index (χ1n) is 10.2. The Morgan fingerprint density at radius 2 is 1.90 bits per heavy atom. The van der Waals surface area contributed by atoms with Gasteiger partial charge in [0.15, 0.2) is 0 Å². The third kappa shape index (κ3) is 3.90. The van der Waals surface area contributed by atoms with Crippen LogP contribution in [0.3, 0.4) is 0 Å². The summed E-state index contributed by atoms with van der Waals surface area (Å²) in [6.45, 7) is 1.96. The molecule has 0 aliphatic carbocycles. The number of hydrogen-bond donors (Lipinski definition) is 1. The molecule has 1 N–H and O–H groups in total. The van der Waals surface area contributed by atoms with Crippen LogP contribution < -0.4 is 5.32 Å². The van der Waals surface area contributed by atoms with Crippen LogP contribution in [0.4, 0.5) is 5.00 Å². The predicted molar refractivity (Wildman–Crippen MR) is 126 cm³/mol. The van der Waals surface area contributed by atoms with Gasteiger partial charge in [0.2, 0.25) is 5.91 Å². The van der Waals surface area contributed by atoms with Gasteiger partial charge in [-0.3, -0.25) is 4.79 Å². The highest BCUT2D eigenvalue weighted by Crippen LogP contribution is 2.45. The number of benzene rings is 2. The van der Waals surface area contributed by atoms with Crippen molar-refractivity contribution < 1.29 is 4.79 Å². The molecule has 4 nitrogen and oxygen atoms in total. The lowest BCUT2D eigenvalue weighted by atomic mass is 10.0. The zero-order valence-corrected chi connectivity index (χ0v) is 18.5. The summed E-state index contributed by atoms with van der Waals surface area (Å²) in [5.74, 6) is 0.0631. The Kier molecular flexibility index (Phi) is 5.37. The van der Waals surface area contributed by atoms with E-state index in [0.29, 0.717) is 6.42 Å². The van der Waals surface area contributed by atoms with E-state index >= 15 is 0 Å². The number of thiophene rings is 1. The predicted octanol–water partition coefficient (Wildman–Crippen LogP) is 5.58. The van der Waals surface area contributed by atoms with E-state index in [-0.39, 0.29) is 5.91 Å². The lowest BCUT2D eigenvalue weighted by Gasteiger charge is -2.22. The normalized spacial score (nSPS) is 14.0. The van der Waals surface area contributed by atoms with Gasteiger partial charge >= 0.3 is 0 Å². The van der Waals surface area contributed by atoms with Crippen LogP contribution in [0, 0.1) is 0 Å². The molecule has 2 aromatic carbocycles. The summed E-state index contributed by atoms with van der Waals surface area (Å²) in [7, 11) is 2.15. The van der Waals surface area contributed by atoms with E-state index in [2.05, 4.69) is 47.6 Å². The Morgan fingerprint density at radius 1 is 1.10 bits per heavy atom. The van der Waals surface area contributed by atoms with Gasteiger partial charge in [0.05, 0.1) is 10.2 Å². The van der Waals surface area contributed by atoms with Crippen LogP contribution in [-0.2, 0) is 24.2 Å². The number of para-hydroxylation sites is 1. The Bertz CT molecular complexity index is 1160. The van der Waals surface area contributed by atoms with Gasteiger partial charge < -0.3 is 10.2 Å². The molecule has 152 valence electrons. The largest absolute Gasteiger partial charge is 0.317 e. The number of carbonyl (C=O) groups excluding carboxylic acids is 1. The molecule has 0 radical (unpaired) electrons. The van der Waals surface area contributed by atoms with Crippen LogP contribution in [0.5, 0.6) is 0 Å². The van der Waals surface area contributed by atoms with Gasteiger partial charge in [0, 0.05) is 30.0 Å². The number of carbonyl (C=O) groups is 1. The number of nitrogens with zero attached hydrogens (tertiary/aromatic N) is 2. The first kappa shape index (κ1) is 19.4. The summed E-state index contributed by atoms with van der Waals surface area (Å²) in [5.41, 5.74) is 4.70. The third-order valence-electron chi connectivity index (χ3n) is 5.49. The molecule has 0 bridgehead atoms. The lowest BCUT2D eigenvalue weighted by Crippen LogP contribution is -2.25. The summed E-state index contributed by atoms with van der Waals surface area (Å²) < 4.78 is 1.18. The van der Waals surface area contributed by atoms with Gasteiger partial charge in [-0.1, -0.05) is 42.5 Å². The molecule has 0 saturated heterocycles. The van der Waals surface area contributed by atoms with Gasteiger partial charge in [-0.05, 0) is 43.1 Å². The van der Waals surface area contributed by atoms with Crippen LogP contribution in [0.1, 0.15) is 22.4 Å². The van der Waals surface area contributed by atoms with Gasteiger partial charge in [0.1, 0.15) is 10.0 Å². The standard InChI is InChI=1S/C24H23N3OS2/c1-27-14-13-17-20(15-27)30-24(26-21(28)12-11-16-7-3-2-4-8-16)22(17)23-25-18-9-5-6-10-19(18)29-23/h2-10H,11-15H2,1H3,(H,26,28). The third-order valence-corrected chi connectivity index (χ3v) is 7.68. The van der Waals surface area contributed by atoms with Crippen LogP contribution in [0.15, 0.2) is 54.6 Å². The second kappa shape index (κ2) is 8.30. The summed E-state index contributed by atoms with van der Waals surface area (Å²) in [6.07, 6.45) is 2.22. The highest BCUT2D eigenvalue weighted by Gasteiger charge is 2.26. The number of anilines is 1. The minimum absolute atomic E-state index is 0.0631. The molecule has 0 spiro atoms. The number of fused-ring (bicyclic) bond motifs is 2. The maximum atomic E-state index is 12.8. The van der Waals surface area contributed by atoms with E-state index in [9.17, 15) is 4.79 Å². The van der Waals surface area contributed by atoms with E-state index < -0.39 is 0 Å². The molecule has 1 aliphatic rings. The quantitative estimate of drug-likeness (QED) is 0.447. The van der Waals surface area contributed by atoms with Crippen molar-refractivity contribution in [2.75, 3.05) is 18.9 Å². The van der Waals surface area contributed by atoms with Gasteiger partial charge in [-0.15, -0.1) is 22.7 Å². The SMILES string of the molecule is CN1CCc2c(sc(NC(=O)CCc3ccccc3)c2-c2nc3ccccc3s2)C1. The van der Waals surface area contributed by atoms with Crippen molar-refractivity contribution >= 4 is 43.8 Å². The minimum atomic E-state index is 0.0631. The van der Waals surface area contributed by atoms with Crippen molar-refractivity contribution in [1.29, 1.82) is 0 Å². The second-order valence-corrected chi connectivity index (χ2v) is 9.85. The minimum Gasteiger partial charge on any atom is -0.317 e. The fraction of sp³-hybridized carbons (Fsp3) is 0.250. The monoisotopic (exact) mass is 433 g/mol. The average molecular weight is 434 g/mol. The number of aromatic nitrogens is 1. The molecule has 3 heterocycles. The first-order valence-corrected chi connectivity index (χ1v) is 11.8. The van der Waals surface area contributed by atoms with Gasteiger partial charge in [-0.2, -0.15) is 0 Å². The Morgan fingerprint density at radius 3 is 2.73 bits per heavy atom. The maximum Gasteiger partial charge on any atom is 0.225 e.